The third kappa shape index (κ3) is 4.37. The lowest BCUT2D eigenvalue weighted by atomic mass is 10.1. The summed E-state index contributed by atoms with van der Waals surface area (Å²) < 4.78 is 0. The van der Waals surface area contributed by atoms with Gasteiger partial charge in [0.15, 0.2) is 0 Å². The number of hydrogen-bond acceptors (Lipinski definition) is 3. The van der Waals surface area contributed by atoms with E-state index in [1.807, 2.05) is 13.8 Å². The first-order valence-corrected chi connectivity index (χ1v) is 8.47. The number of amides is 2. The van der Waals surface area contributed by atoms with E-state index in [0.717, 1.165) is 6.54 Å². The van der Waals surface area contributed by atoms with Gasteiger partial charge in [-0.15, -0.1) is 0 Å². The summed E-state index contributed by atoms with van der Waals surface area (Å²) in [5, 5.41) is 6.99. The maximum atomic E-state index is 12.5. The smallest absolute Gasteiger partial charge is 0.239 e. The molecule has 1 fully saturated rings. The molecule has 2 amide bonds. The SMILES string of the molecule is CCN[C@H](C)CNC(=O)C1CCN(c2cc(Cl)ccc2Cl)C1=O. The van der Waals surface area contributed by atoms with Gasteiger partial charge in [0.2, 0.25) is 11.8 Å². The quantitative estimate of drug-likeness (QED) is 0.768. The summed E-state index contributed by atoms with van der Waals surface area (Å²) >= 11 is 12.1. The van der Waals surface area contributed by atoms with Gasteiger partial charge in [0.05, 0.1) is 10.7 Å². The summed E-state index contributed by atoms with van der Waals surface area (Å²) in [5.41, 5.74) is 0.556. The molecule has 0 aliphatic carbocycles. The lowest BCUT2D eigenvalue weighted by Gasteiger charge is -2.19. The molecule has 1 aliphatic heterocycles. The summed E-state index contributed by atoms with van der Waals surface area (Å²) in [5.74, 6) is -1.14. The molecule has 0 spiro atoms. The van der Waals surface area contributed by atoms with Crippen LogP contribution < -0.4 is 15.5 Å². The van der Waals surface area contributed by atoms with Crippen LogP contribution in [0.1, 0.15) is 20.3 Å². The second-order valence-electron chi connectivity index (χ2n) is 5.63. The second-order valence-corrected chi connectivity index (χ2v) is 6.47. The normalized spacial score (nSPS) is 19.0. The number of likely N-dealkylation sites (N-methyl/N-ethyl adjacent to an activating group) is 1. The van der Waals surface area contributed by atoms with Crippen LogP contribution in [0.5, 0.6) is 0 Å². The third-order valence-corrected chi connectivity index (χ3v) is 4.41. The number of carbonyl (C=O) groups is 2. The third-order valence-electron chi connectivity index (χ3n) is 3.86. The number of anilines is 1. The minimum Gasteiger partial charge on any atom is -0.354 e. The van der Waals surface area contributed by atoms with Crippen molar-refractivity contribution in [1.29, 1.82) is 0 Å². The van der Waals surface area contributed by atoms with Gasteiger partial charge in [-0.05, 0) is 38.1 Å². The van der Waals surface area contributed by atoms with Gasteiger partial charge in [-0.1, -0.05) is 30.1 Å². The molecule has 126 valence electrons. The van der Waals surface area contributed by atoms with Crippen molar-refractivity contribution in [3.05, 3.63) is 28.2 Å². The highest BCUT2D eigenvalue weighted by molar-refractivity contribution is 6.36. The summed E-state index contributed by atoms with van der Waals surface area (Å²) in [6.07, 6.45) is 0.475. The van der Waals surface area contributed by atoms with Gasteiger partial charge < -0.3 is 15.5 Å². The van der Waals surface area contributed by atoms with Gasteiger partial charge in [-0.3, -0.25) is 9.59 Å². The summed E-state index contributed by atoms with van der Waals surface area (Å²) in [6.45, 7) is 5.78. The second kappa shape index (κ2) is 7.99. The van der Waals surface area contributed by atoms with Crippen molar-refractivity contribution in [2.75, 3.05) is 24.5 Å². The van der Waals surface area contributed by atoms with E-state index in [9.17, 15) is 9.59 Å². The number of halogens is 2. The summed E-state index contributed by atoms with van der Waals surface area (Å²) in [6, 6.07) is 5.13. The first kappa shape index (κ1) is 18.0. The largest absolute Gasteiger partial charge is 0.354 e. The van der Waals surface area contributed by atoms with E-state index in [2.05, 4.69) is 10.6 Å². The lowest BCUT2D eigenvalue weighted by Crippen LogP contribution is -2.43. The monoisotopic (exact) mass is 357 g/mol. The van der Waals surface area contributed by atoms with Gasteiger partial charge in [-0.2, -0.15) is 0 Å². The summed E-state index contributed by atoms with van der Waals surface area (Å²) in [7, 11) is 0. The van der Waals surface area contributed by atoms with E-state index in [-0.39, 0.29) is 17.9 Å². The van der Waals surface area contributed by atoms with E-state index in [4.69, 9.17) is 23.2 Å². The molecule has 1 aliphatic rings. The molecular formula is C16H21Cl2N3O2. The lowest BCUT2D eigenvalue weighted by molar-refractivity contribution is -0.132. The molecule has 7 heteroatoms. The summed E-state index contributed by atoms with van der Waals surface area (Å²) in [4.78, 5) is 26.3. The molecule has 2 rings (SSSR count). The van der Waals surface area contributed by atoms with Crippen LogP contribution in [0.3, 0.4) is 0 Å². The Morgan fingerprint density at radius 2 is 2.17 bits per heavy atom. The number of hydrogen-bond donors (Lipinski definition) is 2. The van der Waals surface area contributed by atoms with Crippen LogP contribution in [-0.4, -0.2) is 37.5 Å². The Hall–Kier alpha value is -1.30. The zero-order chi connectivity index (χ0) is 17.0. The Morgan fingerprint density at radius 1 is 1.43 bits per heavy atom. The van der Waals surface area contributed by atoms with Crippen molar-refractivity contribution in [2.24, 2.45) is 5.92 Å². The van der Waals surface area contributed by atoms with Crippen molar-refractivity contribution < 1.29 is 9.59 Å². The first-order valence-electron chi connectivity index (χ1n) is 7.71. The molecule has 23 heavy (non-hydrogen) atoms. The van der Waals surface area contributed by atoms with Crippen molar-refractivity contribution >= 4 is 40.7 Å². The van der Waals surface area contributed by atoms with Crippen LogP contribution in [0.2, 0.25) is 10.0 Å². The number of nitrogens with zero attached hydrogens (tertiary/aromatic N) is 1. The standard InChI is InChI=1S/C16H21Cl2N3O2/c1-3-19-10(2)9-20-15(22)12-6-7-21(16(12)23)14-8-11(17)4-5-13(14)18/h4-5,8,10,12,19H,3,6-7,9H2,1-2H3,(H,20,22)/t10-,12?/m1/s1. The Balaban J connectivity index is 2.01. The van der Waals surface area contributed by atoms with Crippen LogP contribution in [0, 0.1) is 5.92 Å². The van der Waals surface area contributed by atoms with Crippen LogP contribution in [0.4, 0.5) is 5.69 Å². The maximum Gasteiger partial charge on any atom is 0.239 e. The van der Waals surface area contributed by atoms with E-state index in [1.54, 1.807) is 18.2 Å². The molecule has 2 atom stereocenters. The highest BCUT2D eigenvalue weighted by Gasteiger charge is 2.38. The number of benzene rings is 1. The number of carbonyl (C=O) groups excluding carboxylic acids is 2. The van der Waals surface area contributed by atoms with Gasteiger partial charge >= 0.3 is 0 Å². The van der Waals surface area contributed by atoms with Gasteiger partial charge in [0.1, 0.15) is 5.92 Å². The average Bonchev–Trinajstić information content (AvgIpc) is 2.89. The van der Waals surface area contributed by atoms with Crippen molar-refractivity contribution in [3.63, 3.8) is 0 Å². The Kier molecular flexibility index (Phi) is 6.27. The Morgan fingerprint density at radius 3 is 2.87 bits per heavy atom. The zero-order valence-electron chi connectivity index (χ0n) is 13.2. The molecule has 1 unspecified atom stereocenters. The van der Waals surface area contributed by atoms with Gasteiger partial charge in [0, 0.05) is 24.2 Å². The van der Waals surface area contributed by atoms with Crippen molar-refractivity contribution in [2.45, 2.75) is 26.3 Å². The van der Waals surface area contributed by atoms with E-state index in [1.165, 1.54) is 4.90 Å². The predicted molar refractivity (Wildman–Crippen MR) is 93.1 cm³/mol. The molecule has 5 nitrogen and oxygen atoms in total. The fourth-order valence-electron chi connectivity index (χ4n) is 2.65. The fourth-order valence-corrected chi connectivity index (χ4v) is 3.04. The Labute approximate surface area is 146 Å². The first-order chi connectivity index (χ1) is 10.9. The van der Waals surface area contributed by atoms with Gasteiger partial charge in [-0.25, -0.2) is 0 Å². The molecule has 1 aromatic rings. The highest BCUT2D eigenvalue weighted by atomic mass is 35.5. The molecular weight excluding hydrogens is 337 g/mol. The average molecular weight is 358 g/mol. The molecule has 0 radical (unpaired) electrons. The molecule has 0 aromatic heterocycles. The van der Waals surface area contributed by atoms with Crippen LogP contribution in [-0.2, 0) is 9.59 Å². The minimum absolute atomic E-state index is 0.166. The zero-order valence-corrected chi connectivity index (χ0v) is 14.7. The van der Waals surface area contributed by atoms with Crippen LogP contribution in [0.15, 0.2) is 18.2 Å². The van der Waals surface area contributed by atoms with Crippen LogP contribution >= 0.6 is 23.2 Å². The van der Waals surface area contributed by atoms with E-state index >= 15 is 0 Å². The Bertz CT molecular complexity index is 595. The topological polar surface area (TPSA) is 61.4 Å². The van der Waals surface area contributed by atoms with Gasteiger partial charge in [0.25, 0.3) is 0 Å². The minimum atomic E-state index is -0.668. The van der Waals surface area contributed by atoms with Crippen molar-refractivity contribution in [3.8, 4) is 0 Å². The van der Waals surface area contributed by atoms with Crippen LogP contribution in [0.25, 0.3) is 0 Å². The number of nitrogens with one attached hydrogen (secondary N) is 2. The number of rotatable bonds is 6. The fraction of sp³-hybridized carbons (Fsp3) is 0.500. The predicted octanol–water partition coefficient (Wildman–Crippen LogP) is 2.46. The molecule has 2 N–H and O–H groups in total. The molecule has 1 heterocycles. The van der Waals surface area contributed by atoms with E-state index < -0.39 is 5.92 Å². The maximum absolute atomic E-state index is 12.5. The molecule has 1 aromatic carbocycles. The highest BCUT2D eigenvalue weighted by Crippen LogP contribution is 2.33. The molecule has 1 saturated heterocycles. The molecule has 0 bridgehead atoms. The molecule has 0 saturated carbocycles. The van der Waals surface area contributed by atoms with E-state index in [0.29, 0.717) is 35.2 Å². The van der Waals surface area contributed by atoms with Crippen molar-refractivity contribution in [1.82, 2.24) is 10.6 Å².